The normalized spacial score (nSPS) is 23.4. The van der Waals surface area contributed by atoms with E-state index >= 15 is 0 Å². The number of oxime groups is 2. The van der Waals surface area contributed by atoms with Crippen LogP contribution in [0.4, 0.5) is 10.3 Å². The molecule has 1 fully saturated rings. The molecule has 4 aliphatic rings. The Kier molecular flexibility index (Phi) is 10.2. The van der Waals surface area contributed by atoms with Gasteiger partial charge in [0.25, 0.3) is 23.6 Å². The summed E-state index contributed by atoms with van der Waals surface area (Å²) < 4.78 is 5.16. The monoisotopic (exact) mass is 790 g/mol. The number of carboxylic acids is 1. The third-order valence-electron chi connectivity index (χ3n) is 7.97. The number of allylic oxidation sites excluding steroid dienone is 1. The van der Waals surface area contributed by atoms with Crippen molar-refractivity contribution in [1.29, 1.82) is 0 Å². The van der Waals surface area contributed by atoms with Gasteiger partial charge in [-0.25, -0.2) is 19.6 Å². The maximum Gasteiger partial charge on any atom is 0.355 e. The topological polar surface area (TPSA) is 300 Å². The van der Waals surface area contributed by atoms with Crippen LogP contribution in [-0.2, 0) is 33.5 Å². The molecule has 5 atom stereocenters. The molecule has 0 aliphatic carbocycles. The summed E-state index contributed by atoms with van der Waals surface area (Å²) in [6.45, 7) is 5.41. The number of fused-ring (bicyclic) bond motifs is 1. The summed E-state index contributed by atoms with van der Waals surface area (Å²) in [4.78, 5) is 86.5. The lowest BCUT2D eigenvalue weighted by Crippen LogP contribution is -2.71. The average Bonchev–Trinajstić information content (AvgIpc) is 3.84. The summed E-state index contributed by atoms with van der Waals surface area (Å²) in [5.41, 5.74) is 5.41. The SMILES string of the molecule is C=CC1=C(C(=O)Nc2nc(/C(=N/O)C(=O)NC(C(=O)O)C3NC4=C(CS3)C(C)OC4=O)cs2)N2C(=O)[C@@H](NC(=O)/C(=N\O)c3csc(N)n3)[C@H]2SC1. The molecule has 4 aliphatic heterocycles. The Morgan fingerprint density at radius 3 is 2.44 bits per heavy atom. The van der Waals surface area contributed by atoms with E-state index < -0.39 is 75.9 Å². The number of aromatic nitrogens is 2. The molecule has 0 bridgehead atoms. The number of rotatable bonds is 11. The molecule has 6 rings (SSSR count). The number of thiazole rings is 2. The van der Waals surface area contributed by atoms with Crippen molar-refractivity contribution in [3.63, 3.8) is 0 Å². The predicted octanol–water partition coefficient (Wildman–Crippen LogP) is -0.552. The van der Waals surface area contributed by atoms with Gasteiger partial charge in [-0.3, -0.25) is 29.4 Å². The maximum absolute atomic E-state index is 13.6. The Hall–Kier alpha value is -5.46. The first-order valence-electron chi connectivity index (χ1n) is 14.8. The van der Waals surface area contributed by atoms with E-state index in [1.807, 2.05) is 0 Å². The molecule has 24 heteroatoms. The molecule has 3 unspecified atom stereocenters. The summed E-state index contributed by atoms with van der Waals surface area (Å²) in [5.74, 6) is -4.98. The van der Waals surface area contributed by atoms with Gasteiger partial charge in [-0.2, -0.15) is 0 Å². The van der Waals surface area contributed by atoms with Crippen LogP contribution in [0.5, 0.6) is 0 Å². The molecule has 2 aromatic heterocycles. The molecule has 4 amide bonds. The number of nitrogens with zero attached hydrogens (tertiary/aromatic N) is 5. The van der Waals surface area contributed by atoms with Gasteiger partial charge in [-0.1, -0.05) is 23.0 Å². The first-order valence-corrected chi connectivity index (χ1v) is 18.6. The minimum absolute atomic E-state index is 0.0104. The zero-order valence-corrected chi connectivity index (χ0v) is 29.7. The highest BCUT2D eigenvalue weighted by atomic mass is 32.2. The number of β-lactam (4-membered cyclic amide) rings is 1. The van der Waals surface area contributed by atoms with Crippen LogP contribution in [0.2, 0.25) is 0 Å². The number of carboxylic acid groups (broad SMARTS) is 1. The number of cyclic esters (lactones) is 1. The smallest absolute Gasteiger partial charge is 0.355 e. The van der Waals surface area contributed by atoms with E-state index in [9.17, 15) is 44.3 Å². The molecule has 6 heterocycles. The number of thioether (sulfide) groups is 2. The van der Waals surface area contributed by atoms with Crippen LogP contribution in [0.3, 0.4) is 0 Å². The Balaban J connectivity index is 1.12. The van der Waals surface area contributed by atoms with Crippen molar-refractivity contribution in [2.75, 3.05) is 22.6 Å². The number of aliphatic carboxylic acids is 1. The number of carbonyl (C=O) groups excluding carboxylic acids is 5. The second kappa shape index (κ2) is 14.6. The highest BCUT2D eigenvalue weighted by Gasteiger charge is 2.54. The molecule has 9 N–H and O–H groups in total. The summed E-state index contributed by atoms with van der Waals surface area (Å²) in [7, 11) is 0. The fourth-order valence-corrected chi connectivity index (χ4v) is 9.32. The first kappa shape index (κ1) is 36.3. The highest BCUT2D eigenvalue weighted by Crippen LogP contribution is 2.41. The van der Waals surface area contributed by atoms with Gasteiger partial charge in [0.1, 0.15) is 45.7 Å². The van der Waals surface area contributed by atoms with Crippen LogP contribution in [0, 0.1) is 0 Å². The van der Waals surface area contributed by atoms with Gasteiger partial charge in [0, 0.05) is 27.8 Å². The van der Waals surface area contributed by atoms with E-state index in [1.165, 1.54) is 33.5 Å². The Morgan fingerprint density at radius 2 is 1.79 bits per heavy atom. The van der Waals surface area contributed by atoms with Gasteiger partial charge >= 0.3 is 11.9 Å². The van der Waals surface area contributed by atoms with Crippen LogP contribution < -0.4 is 27.0 Å². The van der Waals surface area contributed by atoms with E-state index in [1.54, 1.807) is 6.92 Å². The van der Waals surface area contributed by atoms with Crippen LogP contribution in [0.1, 0.15) is 18.3 Å². The lowest BCUT2D eigenvalue weighted by atomic mass is 10.0. The molecule has 2 aromatic rings. The van der Waals surface area contributed by atoms with E-state index in [4.69, 9.17) is 10.5 Å². The van der Waals surface area contributed by atoms with Gasteiger partial charge in [0.2, 0.25) is 0 Å². The third kappa shape index (κ3) is 6.67. The minimum atomic E-state index is -1.58. The zero-order valence-electron chi connectivity index (χ0n) is 26.4. The van der Waals surface area contributed by atoms with Crippen LogP contribution in [-0.4, -0.2) is 118 Å². The van der Waals surface area contributed by atoms with Crippen molar-refractivity contribution >= 4 is 103 Å². The van der Waals surface area contributed by atoms with Gasteiger partial charge in [-0.05, 0) is 12.5 Å². The fourth-order valence-electron chi connectivity index (χ4n) is 5.43. The Bertz CT molecular complexity index is 2040. The summed E-state index contributed by atoms with van der Waals surface area (Å²) in [6.07, 6.45) is 0.931. The van der Waals surface area contributed by atoms with Crippen molar-refractivity contribution in [3.05, 3.63) is 57.3 Å². The lowest BCUT2D eigenvalue weighted by molar-refractivity contribution is -0.146. The number of carbonyl (C=O) groups is 6. The van der Waals surface area contributed by atoms with Crippen molar-refractivity contribution in [2.24, 2.45) is 10.3 Å². The third-order valence-corrected chi connectivity index (χ3v) is 11.9. The van der Waals surface area contributed by atoms with Gasteiger partial charge in [0.15, 0.2) is 27.7 Å². The molecular weight excluding hydrogens is 765 g/mol. The molecule has 272 valence electrons. The van der Waals surface area contributed by atoms with Crippen LogP contribution >= 0.6 is 46.2 Å². The predicted molar refractivity (Wildman–Crippen MR) is 188 cm³/mol. The second-order valence-corrected chi connectivity index (χ2v) is 15.0. The minimum Gasteiger partial charge on any atom is -0.480 e. The molecule has 1 saturated heterocycles. The van der Waals surface area contributed by atoms with Gasteiger partial charge < -0.3 is 41.9 Å². The molecule has 0 radical (unpaired) electrons. The number of anilines is 2. The number of amides is 4. The van der Waals surface area contributed by atoms with Gasteiger partial charge in [-0.15, -0.1) is 46.2 Å². The quantitative estimate of drug-likeness (QED) is 0.0466. The highest BCUT2D eigenvalue weighted by molar-refractivity contribution is 8.00. The standard InChI is InChI=1S/C28H26N10O10S4/c1-3-9-4-50-24-17(33-20(40)14(36-46)11-6-51-27(29)30-11)23(42)38(24)18(9)21(41)35-28-31-12(7-52-28)15(37-47)19(39)32-16(25(43)44)22-34-13-10(5-49-22)8(2)48-26(13)45/h3,6-8,16-17,22,24,34,46-47H,1,4-5H2,2H3,(H2,29,30)(H,32,39)(H,33,40)(H,43,44)(H,31,35,41)/b36-14-,37-15-/t8?,16?,17-,22?,24-/m1/s1. The lowest BCUT2D eigenvalue weighted by Gasteiger charge is -2.49. The van der Waals surface area contributed by atoms with Crippen molar-refractivity contribution in [1.82, 2.24) is 30.8 Å². The zero-order chi connectivity index (χ0) is 37.4. The van der Waals surface area contributed by atoms with Crippen molar-refractivity contribution < 1.29 is 49.0 Å². The summed E-state index contributed by atoms with van der Waals surface area (Å²) in [5, 5.41) is 46.2. The molecular formula is C28H26N10O10S4. The van der Waals surface area contributed by atoms with E-state index in [0.29, 0.717) is 11.1 Å². The Labute approximate surface area is 308 Å². The molecule has 0 aromatic carbocycles. The van der Waals surface area contributed by atoms with Crippen molar-refractivity contribution in [2.45, 2.75) is 35.9 Å². The molecule has 0 spiro atoms. The second-order valence-electron chi connectivity index (χ2n) is 11.0. The van der Waals surface area contributed by atoms with E-state index in [2.05, 4.69) is 48.1 Å². The molecule has 20 nitrogen and oxygen atoms in total. The first-order chi connectivity index (χ1) is 24.9. The maximum atomic E-state index is 13.6. The van der Waals surface area contributed by atoms with Crippen LogP contribution in [0.25, 0.3) is 0 Å². The number of nitrogen functional groups attached to an aromatic ring is 1. The fraction of sp³-hybridized carbons (Fsp3) is 0.286. The van der Waals surface area contributed by atoms with Crippen molar-refractivity contribution in [3.8, 4) is 0 Å². The number of ether oxygens (including phenoxy) is 1. The summed E-state index contributed by atoms with van der Waals surface area (Å²) in [6, 6.07) is -2.67. The number of esters is 1. The number of hydrogen-bond acceptors (Lipinski definition) is 19. The van der Waals surface area contributed by atoms with E-state index in [0.717, 1.165) is 34.4 Å². The number of hydrogen-bond donors (Lipinski definition) is 8. The van der Waals surface area contributed by atoms with Crippen LogP contribution in [0.15, 0.2) is 56.3 Å². The summed E-state index contributed by atoms with van der Waals surface area (Å²) >= 11 is 4.25. The largest absolute Gasteiger partial charge is 0.480 e. The molecule has 52 heavy (non-hydrogen) atoms. The number of nitrogens with one attached hydrogen (secondary N) is 4. The Morgan fingerprint density at radius 1 is 1.10 bits per heavy atom. The van der Waals surface area contributed by atoms with E-state index in [-0.39, 0.29) is 44.6 Å². The molecule has 0 saturated carbocycles. The number of nitrogens with two attached hydrogens (primary N) is 1. The average molecular weight is 791 g/mol. The van der Waals surface area contributed by atoms with Gasteiger partial charge in [0.05, 0.1) is 0 Å².